The number of thioether (sulfide) groups is 1. The lowest BCUT2D eigenvalue weighted by Gasteiger charge is -1.83. The summed E-state index contributed by atoms with van der Waals surface area (Å²) in [7, 11) is 0. The van der Waals surface area contributed by atoms with Crippen LogP contribution in [0.2, 0.25) is 0 Å². The number of rotatable bonds is 3. The van der Waals surface area contributed by atoms with Gasteiger partial charge in [-0.3, -0.25) is 0 Å². The van der Waals surface area contributed by atoms with Gasteiger partial charge in [0, 0.05) is 0 Å². The van der Waals surface area contributed by atoms with E-state index in [9.17, 15) is 4.79 Å². The summed E-state index contributed by atoms with van der Waals surface area (Å²) in [6, 6.07) is 0. The van der Waals surface area contributed by atoms with Gasteiger partial charge in [-0.2, -0.15) is 0 Å². The van der Waals surface area contributed by atoms with Crippen LogP contribution < -0.4 is 0 Å². The number of carbonyl (C=O) groups excluding carboxylic acids is 1. The van der Waals surface area contributed by atoms with Crippen molar-refractivity contribution < 1.29 is 9.21 Å². The van der Waals surface area contributed by atoms with E-state index in [1.165, 1.54) is 11.8 Å². The standard InChI is InChI=1S/C6H7NO2S/c1-5-4-9-6(7-5)10-3-2-8/h2,4H,3H2,1H3. The van der Waals surface area contributed by atoms with Gasteiger partial charge < -0.3 is 9.21 Å². The predicted molar refractivity (Wildman–Crippen MR) is 38.0 cm³/mol. The molecule has 1 heterocycles. The van der Waals surface area contributed by atoms with E-state index < -0.39 is 0 Å². The molecule has 0 saturated carbocycles. The van der Waals surface area contributed by atoms with Gasteiger partial charge in [0.15, 0.2) is 0 Å². The minimum Gasteiger partial charge on any atom is -0.440 e. The molecule has 0 amide bonds. The Morgan fingerprint density at radius 1 is 1.90 bits per heavy atom. The molecule has 0 radical (unpaired) electrons. The highest BCUT2D eigenvalue weighted by Crippen LogP contribution is 2.14. The topological polar surface area (TPSA) is 43.1 Å². The second-order valence-electron chi connectivity index (χ2n) is 1.73. The number of nitrogens with zero attached hydrogens (tertiary/aromatic N) is 1. The molecule has 0 spiro atoms. The lowest BCUT2D eigenvalue weighted by Crippen LogP contribution is -1.78. The average molecular weight is 157 g/mol. The van der Waals surface area contributed by atoms with Crippen LogP contribution in [0.3, 0.4) is 0 Å². The van der Waals surface area contributed by atoms with Crippen molar-refractivity contribution in [3.05, 3.63) is 12.0 Å². The third kappa shape index (κ3) is 1.88. The third-order valence-electron chi connectivity index (χ3n) is 0.873. The number of aldehydes is 1. The van der Waals surface area contributed by atoms with Crippen LogP contribution in [-0.2, 0) is 4.79 Å². The normalized spacial score (nSPS) is 9.70. The first-order valence-corrected chi connectivity index (χ1v) is 3.80. The molecule has 4 heteroatoms. The van der Waals surface area contributed by atoms with Crippen molar-refractivity contribution >= 4 is 18.0 Å². The molecule has 10 heavy (non-hydrogen) atoms. The Labute approximate surface area is 62.8 Å². The van der Waals surface area contributed by atoms with E-state index in [-0.39, 0.29) is 0 Å². The summed E-state index contributed by atoms with van der Waals surface area (Å²) < 4.78 is 4.96. The van der Waals surface area contributed by atoms with Gasteiger partial charge in [0.1, 0.15) is 12.5 Å². The number of oxazole rings is 1. The molecule has 54 valence electrons. The van der Waals surface area contributed by atoms with Gasteiger partial charge in [-0.15, -0.1) is 0 Å². The number of aryl methyl sites for hydroxylation is 1. The van der Waals surface area contributed by atoms with Crippen LogP contribution in [0.4, 0.5) is 0 Å². The molecule has 0 fully saturated rings. The highest BCUT2D eigenvalue weighted by Gasteiger charge is 1.98. The Bertz CT molecular complexity index is 221. The van der Waals surface area contributed by atoms with Crippen molar-refractivity contribution in [2.45, 2.75) is 12.1 Å². The summed E-state index contributed by atoms with van der Waals surface area (Å²) in [6.45, 7) is 1.84. The molecule has 0 aliphatic rings. The van der Waals surface area contributed by atoms with Crippen LogP contribution >= 0.6 is 11.8 Å². The maximum Gasteiger partial charge on any atom is 0.256 e. The fourth-order valence-electron chi connectivity index (χ4n) is 0.504. The molecule has 0 aliphatic carbocycles. The van der Waals surface area contributed by atoms with Gasteiger partial charge in [0.25, 0.3) is 5.22 Å². The number of carbonyl (C=O) groups is 1. The van der Waals surface area contributed by atoms with Crippen molar-refractivity contribution in [3.63, 3.8) is 0 Å². The molecule has 0 atom stereocenters. The van der Waals surface area contributed by atoms with Crippen LogP contribution in [0.25, 0.3) is 0 Å². The predicted octanol–water partition coefficient (Wildman–Crippen LogP) is 1.27. The highest BCUT2D eigenvalue weighted by molar-refractivity contribution is 7.99. The van der Waals surface area contributed by atoms with E-state index in [0.29, 0.717) is 11.0 Å². The van der Waals surface area contributed by atoms with Crippen LogP contribution in [-0.4, -0.2) is 17.0 Å². The van der Waals surface area contributed by atoms with Crippen LogP contribution in [0.1, 0.15) is 5.69 Å². The van der Waals surface area contributed by atoms with Crippen molar-refractivity contribution in [1.29, 1.82) is 0 Å². The van der Waals surface area contributed by atoms with E-state index in [1.54, 1.807) is 6.26 Å². The number of hydrogen-bond acceptors (Lipinski definition) is 4. The van der Waals surface area contributed by atoms with Crippen molar-refractivity contribution in [2.24, 2.45) is 0 Å². The van der Waals surface area contributed by atoms with Gasteiger partial charge in [-0.05, 0) is 6.92 Å². The Morgan fingerprint density at radius 3 is 3.20 bits per heavy atom. The maximum absolute atomic E-state index is 9.89. The van der Waals surface area contributed by atoms with Crippen molar-refractivity contribution in [1.82, 2.24) is 4.98 Å². The Balaban J connectivity index is 2.49. The largest absolute Gasteiger partial charge is 0.440 e. The molecule has 1 aromatic rings. The molecule has 0 aliphatic heterocycles. The fourth-order valence-corrected chi connectivity index (χ4v) is 1.04. The first-order valence-electron chi connectivity index (χ1n) is 2.81. The van der Waals surface area contributed by atoms with Crippen molar-refractivity contribution in [3.8, 4) is 0 Å². The zero-order valence-corrected chi connectivity index (χ0v) is 6.35. The van der Waals surface area contributed by atoms with Gasteiger partial charge in [-0.25, -0.2) is 4.98 Å². The first-order chi connectivity index (χ1) is 4.83. The average Bonchev–Trinajstić information content (AvgIpc) is 2.31. The maximum atomic E-state index is 9.89. The lowest BCUT2D eigenvalue weighted by molar-refractivity contribution is -0.105. The monoisotopic (exact) mass is 157 g/mol. The zero-order chi connectivity index (χ0) is 7.40. The van der Waals surface area contributed by atoms with E-state index in [0.717, 1.165) is 12.0 Å². The molecule has 3 nitrogen and oxygen atoms in total. The molecular formula is C6H7NO2S. The lowest BCUT2D eigenvalue weighted by atomic mass is 10.6. The van der Waals surface area contributed by atoms with Gasteiger partial charge in [0.2, 0.25) is 0 Å². The molecule has 0 N–H and O–H groups in total. The SMILES string of the molecule is Cc1coc(SCC=O)n1. The summed E-state index contributed by atoms with van der Waals surface area (Å²) in [5, 5.41) is 0.560. The second-order valence-corrected chi connectivity index (χ2v) is 2.70. The van der Waals surface area contributed by atoms with Crippen LogP contribution in [0.5, 0.6) is 0 Å². The summed E-state index contributed by atoms with van der Waals surface area (Å²) in [4.78, 5) is 13.9. The molecule has 0 bridgehead atoms. The molecule has 1 rings (SSSR count). The van der Waals surface area contributed by atoms with Crippen LogP contribution in [0, 0.1) is 6.92 Å². The second kappa shape index (κ2) is 3.41. The Morgan fingerprint density at radius 2 is 2.70 bits per heavy atom. The zero-order valence-electron chi connectivity index (χ0n) is 5.53. The van der Waals surface area contributed by atoms with E-state index in [2.05, 4.69) is 4.98 Å². The third-order valence-corrected chi connectivity index (χ3v) is 1.61. The molecule has 0 aromatic carbocycles. The van der Waals surface area contributed by atoms with E-state index in [4.69, 9.17) is 4.42 Å². The highest BCUT2D eigenvalue weighted by atomic mass is 32.2. The first kappa shape index (κ1) is 7.34. The molecule has 0 saturated heterocycles. The minimum absolute atomic E-state index is 0.403. The Kier molecular flexibility index (Phi) is 2.50. The van der Waals surface area contributed by atoms with Crippen molar-refractivity contribution in [2.75, 3.05) is 5.75 Å². The fraction of sp³-hybridized carbons (Fsp3) is 0.333. The smallest absolute Gasteiger partial charge is 0.256 e. The molecule has 1 aromatic heterocycles. The quantitative estimate of drug-likeness (QED) is 0.489. The van der Waals surface area contributed by atoms with E-state index in [1.807, 2.05) is 6.92 Å². The summed E-state index contributed by atoms with van der Waals surface area (Å²) in [6.07, 6.45) is 2.39. The summed E-state index contributed by atoms with van der Waals surface area (Å²) in [5.41, 5.74) is 0.841. The summed E-state index contributed by atoms with van der Waals surface area (Å²) >= 11 is 1.30. The van der Waals surface area contributed by atoms with E-state index >= 15 is 0 Å². The Hall–Kier alpha value is -0.770. The molecule has 0 unspecified atom stereocenters. The minimum atomic E-state index is 0.403. The molecular weight excluding hydrogens is 150 g/mol. The van der Waals surface area contributed by atoms with Gasteiger partial charge in [0.05, 0.1) is 11.4 Å². The summed E-state index contributed by atoms with van der Waals surface area (Å²) in [5.74, 6) is 0.403. The van der Waals surface area contributed by atoms with Crippen LogP contribution in [0.15, 0.2) is 15.9 Å². The van der Waals surface area contributed by atoms with Gasteiger partial charge >= 0.3 is 0 Å². The number of aromatic nitrogens is 1. The number of hydrogen-bond donors (Lipinski definition) is 0. The van der Waals surface area contributed by atoms with Gasteiger partial charge in [-0.1, -0.05) is 11.8 Å².